The second-order valence-corrected chi connectivity index (χ2v) is 7.45. The molecule has 1 atom stereocenters. The van der Waals surface area contributed by atoms with Crippen LogP contribution in [0.15, 0.2) is 24.3 Å². The molecular weight excluding hydrogens is 347 g/mol. The number of urea groups is 1. The van der Waals surface area contributed by atoms with Gasteiger partial charge in [0.1, 0.15) is 0 Å². The smallest absolute Gasteiger partial charge is 0.335 e. The predicted molar refractivity (Wildman–Crippen MR) is 90.9 cm³/mol. The van der Waals surface area contributed by atoms with E-state index in [0.29, 0.717) is 5.69 Å². The molecule has 3 amide bonds. The molecular formula is C18H22F3N3O2. The highest BCUT2D eigenvalue weighted by atomic mass is 19.4. The molecule has 2 N–H and O–H groups in total. The van der Waals surface area contributed by atoms with Gasteiger partial charge in [-0.05, 0) is 51.3 Å². The maximum absolute atomic E-state index is 13.2. The Labute approximate surface area is 149 Å². The maximum atomic E-state index is 13.2. The second kappa shape index (κ2) is 6.48. The zero-order valence-electron chi connectivity index (χ0n) is 14.7. The zero-order chi connectivity index (χ0) is 19.1. The first kappa shape index (κ1) is 18.5. The summed E-state index contributed by atoms with van der Waals surface area (Å²) >= 11 is 0. The third-order valence-corrected chi connectivity index (χ3v) is 5.11. The van der Waals surface area contributed by atoms with E-state index in [1.807, 2.05) is 0 Å². The lowest BCUT2D eigenvalue weighted by Gasteiger charge is -2.36. The number of anilines is 1. The van der Waals surface area contributed by atoms with Crippen LogP contribution < -0.4 is 10.6 Å². The van der Waals surface area contributed by atoms with Gasteiger partial charge in [-0.25, -0.2) is 4.79 Å². The number of likely N-dealkylation sites (tertiary alicyclic amines) is 1. The summed E-state index contributed by atoms with van der Waals surface area (Å²) < 4.78 is 39.7. The molecule has 0 unspecified atom stereocenters. The average Bonchev–Trinajstić information content (AvgIpc) is 3.26. The molecule has 1 saturated carbocycles. The lowest BCUT2D eigenvalue weighted by atomic mass is 9.87. The fraction of sp³-hybridized carbons (Fsp3) is 0.556. The number of rotatable bonds is 3. The average molecular weight is 369 g/mol. The molecule has 5 nitrogen and oxygen atoms in total. The Kier molecular flexibility index (Phi) is 4.62. The molecule has 142 valence electrons. The molecule has 1 aliphatic carbocycles. The van der Waals surface area contributed by atoms with Crippen molar-refractivity contribution in [3.63, 3.8) is 0 Å². The summed E-state index contributed by atoms with van der Waals surface area (Å²) in [5.41, 5.74) is -0.634. The molecule has 1 saturated heterocycles. The van der Waals surface area contributed by atoms with Crippen LogP contribution in [0.5, 0.6) is 0 Å². The van der Waals surface area contributed by atoms with Crippen LogP contribution in [-0.2, 0) is 0 Å². The van der Waals surface area contributed by atoms with Gasteiger partial charge >= 0.3 is 12.2 Å². The monoisotopic (exact) mass is 369 g/mol. The molecule has 0 aromatic heterocycles. The number of halogens is 3. The normalized spacial score (nSPS) is 22.2. The van der Waals surface area contributed by atoms with Crippen molar-refractivity contribution in [2.75, 3.05) is 11.9 Å². The third kappa shape index (κ3) is 3.78. The van der Waals surface area contributed by atoms with Gasteiger partial charge in [-0.1, -0.05) is 6.07 Å². The summed E-state index contributed by atoms with van der Waals surface area (Å²) in [4.78, 5) is 25.9. The molecule has 1 heterocycles. The standard InChI is InChI=1S/C18H22F3N3O2/c1-17(2)14(18(19,20)21)8-9-24(17)15(25)11-4-3-5-13(10-11)23-16(26)22-12-6-7-12/h3-5,10,12,14H,6-9H2,1-2H3,(H2,22,23,26)/t14-/m0/s1. The quantitative estimate of drug-likeness (QED) is 0.852. The molecule has 3 rings (SSSR count). The zero-order valence-corrected chi connectivity index (χ0v) is 14.7. The van der Waals surface area contributed by atoms with Crippen LogP contribution in [0, 0.1) is 5.92 Å². The Bertz CT molecular complexity index is 714. The first-order valence-electron chi connectivity index (χ1n) is 8.65. The number of carbonyl (C=O) groups excluding carboxylic acids is 2. The van der Waals surface area contributed by atoms with Gasteiger partial charge in [-0.3, -0.25) is 4.79 Å². The van der Waals surface area contributed by atoms with Crippen LogP contribution in [0.4, 0.5) is 23.7 Å². The Morgan fingerprint density at radius 2 is 1.88 bits per heavy atom. The predicted octanol–water partition coefficient (Wildman–Crippen LogP) is 3.77. The topological polar surface area (TPSA) is 61.4 Å². The molecule has 0 bridgehead atoms. The Morgan fingerprint density at radius 1 is 1.19 bits per heavy atom. The van der Waals surface area contributed by atoms with Crippen LogP contribution in [0.2, 0.25) is 0 Å². The van der Waals surface area contributed by atoms with Crippen molar-refractivity contribution >= 4 is 17.6 Å². The molecule has 1 aliphatic heterocycles. The van der Waals surface area contributed by atoms with Crippen molar-refractivity contribution < 1.29 is 22.8 Å². The minimum absolute atomic E-state index is 0.0514. The lowest BCUT2D eigenvalue weighted by Crippen LogP contribution is -2.49. The molecule has 8 heteroatoms. The van der Waals surface area contributed by atoms with E-state index in [-0.39, 0.29) is 30.6 Å². The van der Waals surface area contributed by atoms with E-state index in [9.17, 15) is 22.8 Å². The number of amides is 3. The van der Waals surface area contributed by atoms with Crippen LogP contribution in [0.3, 0.4) is 0 Å². The van der Waals surface area contributed by atoms with Gasteiger partial charge in [0.2, 0.25) is 0 Å². The number of carbonyl (C=O) groups is 2. The van der Waals surface area contributed by atoms with E-state index < -0.39 is 23.5 Å². The summed E-state index contributed by atoms with van der Waals surface area (Å²) in [6, 6.07) is 6.12. The number of hydrogen-bond acceptors (Lipinski definition) is 2. The van der Waals surface area contributed by atoms with Crippen LogP contribution in [0.25, 0.3) is 0 Å². The molecule has 0 radical (unpaired) electrons. The minimum atomic E-state index is -4.34. The van der Waals surface area contributed by atoms with Gasteiger partial charge in [-0.2, -0.15) is 13.2 Å². The van der Waals surface area contributed by atoms with E-state index in [2.05, 4.69) is 10.6 Å². The van der Waals surface area contributed by atoms with Crippen molar-refractivity contribution in [2.45, 2.75) is 50.9 Å². The van der Waals surface area contributed by atoms with Crippen molar-refractivity contribution in [3.05, 3.63) is 29.8 Å². The van der Waals surface area contributed by atoms with Crippen LogP contribution >= 0.6 is 0 Å². The largest absolute Gasteiger partial charge is 0.394 e. The molecule has 26 heavy (non-hydrogen) atoms. The van der Waals surface area contributed by atoms with E-state index >= 15 is 0 Å². The van der Waals surface area contributed by atoms with E-state index in [1.165, 1.54) is 24.8 Å². The Morgan fingerprint density at radius 3 is 2.46 bits per heavy atom. The Balaban J connectivity index is 1.73. The van der Waals surface area contributed by atoms with E-state index in [0.717, 1.165) is 12.8 Å². The molecule has 1 aromatic carbocycles. The highest BCUT2D eigenvalue weighted by molar-refractivity contribution is 5.97. The number of benzene rings is 1. The molecule has 2 fully saturated rings. The minimum Gasteiger partial charge on any atom is -0.335 e. The second-order valence-electron chi connectivity index (χ2n) is 7.45. The SMILES string of the molecule is CC1(C)[C@@H](C(F)(F)F)CCN1C(=O)c1cccc(NC(=O)NC2CC2)c1. The van der Waals surface area contributed by atoms with Gasteiger partial charge in [0.25, 0.3) is 5.91 Å². The first-order chi connectivity index (χ1) is 12.1. The van der Waals surface area contributed by atoms with Crippen molar-refractivity contribution in [3.8, 4) is 0 Å². The van der Waals surface area contributed by atoms with E-state index in [1.54, 1.807) is 18.2 Å². The molecule has 2 aliphatic rings. The van der Waals surface area contributed by atoms with E-state index in [4.69, 9.17) is 0 Å². The van der Waals surface area contributed by atoms with Gasteiger partial charge in [0, 0.05) is 29.4 Å². The number of alkyl halides is 3. The fourth-order valence-corrected chi connectivity index (χ4v) is 3.48. The van der Waals surface area contributed by atoms with Gasteiger partial charge in [0.05, 0.1) is 5.92 Å². The first-order valence-corrected chi connectivity index (χ1v) is 8.65. The number of hydrogen-bond donors (Lipinski definition) is 2. The number of nitrogens with zero attached hydrogens (tertiary/aromatic N) is 1. The fourth-order valence-electron chi connectivity index (χ4n) is 3.48. The number of nitrogens with one attached hydrogen (secondary N) is 2. The summed E-state index contributed by atoms with van der Waals surface area (Å²) in [6.07, 6.45) is -2.54. The van der Waals surface area contributed by atoms with Gasteiger partial charge < -0.3 is 15.5 Å². The van der Waals surface area contributed by atoms with Gasteiger partial charge in [0.15, 0.2) is 0 Å². The van der Waals surface area contributed by atoms with Crippen molar-refractivity contribution in [1.29, 1.82) is 0 Å². The van der Waals surface area contributed by atoms with Gasteiger partial charge in [-0.15, -0.1) is 0 Å². The van der Waals surface area contributed by atoms with Crippen molar-refractivity contribution in [2.24, 2.45) is 5.92 Å². The van der Waals surface area contributed by atoms with Crippen LogP contribution in [0.1, 0.15) is 43.5 Å². The van der Waals surface area contributed by atoms with Crippen molar-refractivity contribution in [1.82, 2.24) is 10.2 Å². The highest BCUT2D eigenvalue weighted by Crippen LogP contribution is 2.45. The van der Waals surface area contributed by atoms with Crippen LogP contribution in [-0.4, -0.2) is 41.1 Å². The lowest BCUT2D eigenvalue weighted by molar-refractivity contribution is -0.189. The summed E-state index contributed by atoms with van der Waals surface area (Å²) in [7, 11) is 0. The summed E-state index contributed by atoms with van der Waals surface area (Å²) in [5, 5.41) is 5.42. The highest BCUT2D eigenvalue weighted by Gasteiger charge is 2.56. The Hall–Kier alpha value is -2.25. The summed E-state index contributed by atoms with van der Waals surface area (Å²) in [5.74, 6) is -2.02. The third-order valence-electron chi connectivity index (χ3n) is 5.11. The molecule has 1 aromatic rings. The summed E-state index contributed by atoms with van der Waals surface area (Å²) in [6.45, 7) is 2.94. The molecule has 0 spiro atoms. The maximum Gasteiger partial charge on any atom is 0.394 e.